The summed E-state index contributed by atoms with van der Waals surface area (Å²) < 4.78 is 31.7. The molecule has 2 rings (SSSR count). The summed E-state index contributed by atoms with van der Waals surface area (Å²) in [6.07, 6.45) is 0.0604. The van der Waals surface area contributed by atoms with Gasteiger partial charge in [0.2, 0.25) is 0 Å². The minimum atomic E-state index is -0.724. The van der Waals surface area contributed by atoms with E-state index in [4.69, 9.17) is 4.74 Å². The van der Waals surface area contributed by atoms with Crippen molar-refractivity contribution in [1.82, 2.24) is 0 Å². The summed E-state index contributed by atoms with van der Waals surface area (Å²) in [6.45, 7) is 1.52. The average Bonchev–Trinajstić information content (AvgIpc) is 2.56. The van der Waals surface area contributed by atoms with E-state index in [-0.39, 0.29) is 12.3 Å². The Labute approximate surface area is 132 Å². The first kappa shape index (κ1) is 16.9. The summed E-state index contributed by atoms with van der Waals surface area (Å²) in [5, 5.41) is 11.9. The number of aliphatic hydroxyl groups excluding tert-OH is 1. The van der Waals surface area contributed by atoms with Crippen LogP contribution in [0.25, 0.3) is 0 Å². The van der Waals surface area contributed by atoms with Crippen LogP contribution in [0.3, 0.4) is 0 Å². The number of carbonyl (C=O) groups is 1. The number of ether oxygens (including phenoxy) is 1. The van der Waals surface area contributed by atoms with E-state index in [0.717, 1.165) is 23.8 Å². The first-order valence-corrected chi connectivity index (χ1v) is 7.15. The molecule has 122 valence electrons. The molecule has 0 aliphatic carbocycles. The molecule has 0 spiro atoms. The maximum absolute atomic E-state index is 13.4. The van der Waals surface area contributed by atoms with E-state index < -0.39 is 23.6 Å². The van der Waals surface area contributed by atoms with Crippen molar-refractivity contribution in [1.29, 1.82) is 0 Å². The fraction of sp³-hybridized carbons (Fsp3) is 0.235. The minimum Gasteiger partial charge on any atom is -0.484 e. The predicted octanol–water partition coefficient (Wildman–Crippen LogP) is 3.43. The van der Waals surface area contributed by atoms with Crippen LogP contribution >= 0.6 is 0 Å². The van der Waals surface area contributed by atoms with Crippen LogP contribution in [0.1, 0.15) is 25.0 Å². The maximum atomic E-state index is 13.4. The molecule has 6 heteroatoms. The van der Waals surface area contributed by atoms with E-state index in [1.807, 2.05) is 6.92 Å². The molecule has 0 saturated heterocycles. The van der Waals surface area contributed by atoms with E-state index in [1.165, 1.54) is 0 Å². The van der Waals surface area contributed by atoms with Crippen LogP contribution in [-0.4, -0.2) is 17.6 Å². The van der Waals surface area contributed by atoms with Crippen LogP contribution in [0.5, 0.6) is 5.75 Å². The van der Waals surface area contributed by atoms with Gasteiger partial charge < -0.3 is 15.2 Å². The summed E-state index contributed by atoms with van der Waals surface area (Å²) in [4.78, 5) is 11.7. The molecular weight excluding hydrogens is 304 g/mol. The molecule has 1 unspecified atom stereocenters. The quantitative estimate of drug-likeness (QED) is 0.857. The average molecular weight is 321 g/mol. The summed E-state index contributed by atoms with van der Waals surface area (Å²) in [7, 11) is 0. The molecule has 0 saturated carbocycles. The van der Waals surface area contributed by atoms with E-state index >= 15 is 0 Å². The molecule has 0 fully saturated rings. The van der Waals surface area contributed by atoms with Crippen LogP contribution in [0.4, 0.5) is 14.5 Å². The van der Waals surface area contributed by atoms with E-state index in [0.29, 0.717) is 12.2 Å². The lowest BCUT2D eigenvalue weighted by Gasteiger charge is -2.10. The third kappa shape index (κ3) is 4.75. The van der Waals surface area contributed by atoms with Gasteiger partial charge in [-0.3, -0.25) is 4.79 Å². The van der Waals surface area contributed by atoms with Gasteiger partial charge in [-0.15, -0.1) is 0 Å². The van der Waals surface area contributed by atoms with Gasteiger partial charge in [-0.25, -0.2) is 8.78 Å². The Kier molecular flexibility index (Phi) is 5.65. The highest BCUT2D eigenvalue weighted by molar-refractivity contribution is 5.91. The first-order chi connectivity index (χ1) is 11.0. The van der Waals surface area contributed by atoms with Crippen LogP contribution in [0.2, 0.25) is 0 Å². The van der Waals surface area contributed by atoms with Crippen LogP contribution < -0.4 is 10.1 Å². The lowest BCUT2D eigenvalue weighted by molar-refractivity contribution is -0.118. The highest BCUT2D eigenvalue weighted by Gasteiger charge is 2.09. The van der Waals surface area contributed by atoms with Gasteiger partial charge in [-0.05, 0) is 36.2 Å². The van der Waals surface area contributed by atoms with Gasteiger partial charge in [0.25, 0.3) is 5.91 Å². The van der Waals surface area contributed by atoms with Crippen molar-refractivity contribution in [2.24, 2.45) is 0 Å². The normalized spacial score (nSPS) is 11.8. The number of nitrogens with one attached hydrogen (secondary N) is 1. The SMILES string of the molecule is CCC(O)c1ccc(OCC(=O)Nc2cc(F)ccc2F)cc1. The molecule has 0 aromatic heterocycles. The molecule has 2 aromatic carbocycles. The zero-order chi connectivity index (χ0) is 16.8. The van der Waals surface area contributed by atoms with Gasteiger partial charge in [0.15, 0.2) is 6.61 Å². The Bertz CT molecular complexity index is 674. The van der Waals surface area contributed by atoms with Crippen molar-refractivity contribution in [3.63, 3.8) is 0 Å². The summed E-state index contributed by atoms with van der Waals surface area (Å²) in [5.41, 5.74) is 0.520. The van der Waals surface area contributed by atoms with Gasteiger partial charge in [0.05, 0.1) is 11.8 Å². The molecule has 0 bridgehead atoms. The van der Waals surface area contributed by atoms with Crippen molar-refractivity contribution in [2.75, 3.05) is 11.9 Å². The lowest BCUT2D eigenvalue weighted by atomic mass is 10.1. The molecule has 2 N–H and O–H groups in total. The van der Waals surface area contributed by atoms with Crippen molar-refractivity contribution in [3.8, 4) is 5.75 Å². The number of carbonyl (C=O) groups excluding carboxylic acids is 1. The third-order valence-electron chi connectivity index (χ3n) is 3.22. The fourth-order valence-corrected chi connectivity index (χ4v) is 1.95. The largest absolute Gasteiger partial charge is 0.484 e. The van der Waals surface area contributed by atoms with Gasteiger partial charge in [-0.2, -0.15) is 0 Å². The molecule has 0 radical (unpaired) electrons. The molecule has 4 nitrogen and oxygen atoms in total. The van der Waals surface area contributed by atoms with Gasteiger partial charge in [-0.1, -0.05) is 19.1 Å². The Morgan fingerprint density at radius 3 is 2.57 bits per heavy atom. The minimum absolute atomic E-state index is 0.236. The second-order valence-electron chi connectivity index (χ2n) is 4.95. The van der Waals surface area contributed by atoms with Crippen molar-refractivity contribution >= 4 is 11.6 Å². The number of amides is 1. The summed E-state index contributed by atoms with van der Waals surface area (Å²) >= 11 is 0. The first-order valence-electron chi connectivity index (χ1n) is 7.15. The topological polar surface area (TPSA) is 58.6 Å². The highest BCUT2D eigenvalue weighted by Crippen LogP contribution is 2.20. The summed E-state index contributed by atoms with van der Waals surface area (Å²) in [5.74, 6) is -1.54. The number of anilines is 1. The van der Waals surface area contributed by atoms with Gasteiger partial charge in [0.1, 0.15) is 17.4 Å². The predicted molar refractivity (Wildman–Crippen MR) is 82.2 cm³/mol. The maximum Gasteiger partial charge on any atom is 0.262 e. The Morgan fingerprint density at radius 1 is 1.22 bits per heavy atom. The molecule has 0 aliphatic rings. The van der Waals surface area contributed by atoms with Crippen molar-refractivity contribution in [2.45, 2.75) is 19.4 Å². The molecule has 1 atom stereocenters. The van der Waals surface area contributed by atoms with E-state index in [9.17, 15) is 18.7 Å². The van der Waals surface area contributed by atoms with Crippen LogP contribution in [-0.2, 0) is 4.79 Å². The number of rotatable bonds is 6. The second kappa shape index (κ2) is 7.69. The zero-order valence-electron chi connectivity index (χ0n) is 12.6. The molecule has 23 heavy (non-hydrogen) atoms. The van der Waals surface area contributed by atoms with Crippen molar-refractivity contribution in [3.05, 3.63) is 59.7 Å². The Morgan fingerprint density at radius 2 is 1.91 bits per heavy atom. The third-order valence-corrected chi connectivity index (χ3v) is 3.22. The lowest BCUT2D eigenvalue weighted by Crippen LogP contribution is -2.20. The zero-order valence-corrected chi connectivity index (χ0v) is 12.6. The van der Waals surface area contributed by atoms with Gasteiger partial charge >= 0.3 is 0 Å². The van der Waals surface area contributed by atoms with Gasteiger partial charge in [0, 0.05) is 6.07 Å². The number of halogens is 2. The van der Waals surface area contributed by atoms with E-state index in [1.54, 1.807) is 24.3 Å². The molecule has 0 aliphatic heterocycles. The number of aliphatic hydroxyl groups is 1. The molecular formula is C17H17F2NO3. The fourth-order valence-electron chi connectivity index (χ4n) is 1.95. The van der Waals surface area contributed by atoms with Crippen molar-refractivity contribution < 1.29 is 23.4 Å². The molecule has 2 aromatic rings. The summed E-state index contributed by atoms with van der Waals surface area (Å²) in [6, 6.07) is 9.46. The van der Waals surface area contributed by atoms with Crippen LogP contribution in [0, 0.1) is 11.6 Å². The number of hydrogen-bond acceptors (Lipinski definition) is 3. The monoisotopic (exact) mass is 321 g/mol. The number of benzene rings is 2. The van der Waals surface area contributed by atoms with E-state index in [2.05, 4.69) is 5.32 Å². The van der Waals surface area contributed by atoms with Crippen LogP contribution in [0.15, 0.2) is 42.5 Å². The number of hydrogen-bond donors (Lipinski definition) is 2. The Balaban J connectivity index is 1.90. The highest BCUT2D eigenvalue weighted by atomic mass is 19.1. The smallest absolute Gasteiger partial charge is 0.262 e. The second-order valence-corrected chi connectivity index (χ2v) is 4.95. The standard InChI is InChI=1S/C17H17F2NO3/c1-2-16(21)11-3-6-13(7-4-11)23-10-17(22)20-15-9-12(18)5-8-14(15)19/h3-9,16,21H,2,10H2,1H3,(H,20,22). The molecule has 0 heterocycles. The molecule has 1 amide bonds. The Hall–Kier alpha value is -2.47.